The summed E-state index contributed by atoms with van der Waals surface area (Å²) in [4.78, 5) is 40.9. The molecule has 0 aromatic heterocycles. The van der Waals surface area contributed by atoms with Gasteiger partial charge in [0.1, 0.15) is 0 Å². The number of nitrogens with zero attached hydrogens (tertiary/aromatic N) is 2. The van der Waals surface area contributed by atoms with Gasteiger partial charge in [-0.05, 0) is 19.1 Å². The van der Waals surface area contributed by atoms with E-state index in [0.717, 1.165) is 0 Å². The molecule has 1 unspecified atom stereocenters. The number of hydrogen-bond donors (Lipinski definition) is 1. The van der Waals surface area contributed by atoms with Crippen LogP contribution in [0.5, 0.6) is 0 Å². The second-order valence-electron chi connectivity index (χ2n) is 6.95. The van der Waals surface area contributed by atoms with Crippen molar-refractivity contribution in [2.45, 2.75) is 19.9 Å². The molecule has 1 N–H and O–H groups in total. The number of benzene rings is 2. The molecular weight excluding hydrogens is 354 g/mol. The summed E-state index contributed by atoms with van der Waals surface area (Å²) in [6, 6.07) is 15.7. The number of nitrogens with one attached hydrogen (secondary N) is 1. The fourth-order valence-corrected chi connectivity index (χ4v) is 3.36. The summed E-state index contributed by atoms with van der Waals surface area (Å²) in [6.07, 6.45) is 0. The molecule has 2 amide bonds. The maximum atomic E-state index is 12.8. The lowest BCUT2D eigenvalue weighted by molar-refractivity contribution is -0.131. The van der Waals surface area contributed by atoms with Gasteiger partial charge in [-0.25, -0.2) is 0 Å². The number of carbonyl (C=O) groups excluding carboxylic acids is 3. The Morgan fingerprint density at radius 1 is 0.893 bits per heavy atom. The van der Waals surface area contributed by atoms with Crippen LogP contribution in [0.25, 0.3) is 0 Å². The maximum absolute atomic E-state index is 12.8. The van der Waals surface area contributed by atoms with Crippen molar-refractivity contribution in [1.29, 1.82) is 0 Å². The van der Waals surface area contributed by atoms with E-state index in [1.165, 1.54) is 0 Å². The first-order valence-corrected chi connectivity index (χ1v) is 9.46. The van der Waals surface area contributed by atoms with Crippen molar-refractivity contribution in [3.63, 3.8) is 0 Å². The number of anilines is 1. The molecule has 0 saturated carbocycles. The van der Waals surface area contributed by atoms with Crippen LogP contribution in [0.2, 0.25) is 0 Å². The number of para-hydroxylation sites is 1. The second-order valence-corrected chi connectivity index (χ2v) is 6.95. The van der Waals surface area contributed by atoms with E-state index in [2.05, 4.69) is 10.2 Å². The van der Waals surface area contributed by atoms with Crippen LogP contribution in [0.15, 0.2) is 54.6 Å². The fourth-order valence-electron chi connectivity index (χ4n) is 3.36. The predicted octanol–water partition coefficient (Wildman–Crippen LogP) is 2.41. The normalized spacial score (nSPS) is 15.7. The topological polar surface area (TPSA) is 69.7 Å². The summed E-state index contributed by atoms with van der Waals surface area (Å²) in [5, 5.41) is 2.91. The Bertz CT molecular complexity index is 858. The highest BCUT2D eigenvalue weighted by Crippen LogP contribution is 2.20. The molecular formula is C22H25N3O3. The van der Waals surface area contributed by atoms with Crippen molar-refractivity contribution in [3.05, 3.63) is 65.7 Å². The van der Waals surface area contributed by atoms with Gasteiger partial charge in [0, 0.05) is 44.2 Å². The molecule has 146 valence electrons. The molecule has 1 heterocycles. The van der Waals surface area contributed by atoms with Crippen molar-refractivity contribution >= 4 is 23.3 Å². The first-order chi connectivity index (χ1) is 13.5. The van der Waals surface area contributed by atoms with E-state index in [1.54, 1.807) is 48.2 Å². The Morgan fingerprint density at radius 2 is 1.50 bits per heavy atom. The van der Waals surface area contributed by atoms with Gasteiger partial charge in [-0.15, -0.1) is 0 Å². The van der Waals surface area contributed by atoms with E-state index >= 15 is 0 Å². The van der Waals surface area contributed by atoms with E-state index in [-0.39, 0.29) is 23.6 Å². The third-order valence-corrected chi connectivity index (χ3v) is 5.15. The van der Waals surface area contributed by atoms with Crippen LogP contribution in [0, 0.1) is 0 Å². The van der Waals surface area contributed by atoms with Gasteiger partial charge in [-0.3, -0.25) is 19.3 Å². The van der Waals surface area contributed by atoms with Crippen molar-refractivity contribution in [3.8, 4) is 0 Å². The molecule has 1 aliphatic heterocycles. The summed E-state index contributed by atoms with van der Waals surface area (Å²) in [5.74, 6) is -0.228. The number of amides is 2. The van der Waals surface area contributed by atoms with Crippen LogP contribution in [-0.4, -0.2) is 59.6 Å². The van der Waals surface area contributed by atoms with Crippen molar-refractivity contribution < 1.29 is 14.4 Å². The van der Waals surface area contributed by atoms with E-state index in [4.69, 9.17) is 0 Å². The lowest BCUT2D eigenvalue weighted by Crippen LogP contribution is -2.53. The van der Waals surface area contributed by atoms with Gasteiger partial charge in [0.15, 0.2) is 5.78 Å². The molecule has 0 radical (unpaired) electrons. The van der Waals surface area contributed by atoms with Crippen molar-refractivity contribution in [2.24, 2.45) is 0 Å². The smallest absolute Gasteiger partial charge is 0.241 e. The standard InChI is InChI=1S/C22H25N3O3/c1-16(24-12-14-25(15-13-24)17(2)26)22(28)23-20-11-7-6-10-19(20)21(27)18-8-4-3-5-9-18/h3-11,16H,12-15H2,1-2H3,(H,23,28). The number of piperazine rings is 1. The Hall–Kier alpha value is -2.99. The summed E-state index contributed by atoms with van der Waals surface area (Å²) in [6.45, 7) is 5.95. The van der Waals surface area contributed by atoms with E-state index in [0.29, 0.717) is 43.0 Å². The van der Waals surface area contributed by atoms with Crippen LogP contribution < -0.4 is 5.32 Å². The van der Waals surface area contributed by atoms with Crippen molar-refractivity contribution in [2.75, 3.05) is 31.5 Å². The number of hydrogen-bond acceptors (Lipinski definition) is 4. The van der Waals surface area contributed by atoms with E-state index in [9.17, 15) is 14.4 Å². The molecule has 1 atom stereocenters. The highest BCUT2D eigenvalue weighted by molar-refractivity contribution is 6.14. The van der Waals surface area contributed by atoms with Crippen LogP contribution in [0.4, 0.5) is 5.69 Å². The van der Waals surface area contributed by atoms with E-state index < -0.39 is 0 Å². The van der Waals surface area contributed by atoms with Gasteiger partial charge < -0.3 is 10.2 Å². The van der Waals surface area contributed by atoms with Gasteiger partial charge >= 0.3 is 0 Å². The number of rotatable bonds is 5. The highest BCUT2D eigenvalue weighted by Gasteiger charge is 2.27. The lowest BCUT2D eigenvalue weighted by Gasteiger charge is -2.37. The molecule has 6 heteroatoms. The third kappa shape index (κ3) is 4.46. The van der Waals surface area contributed by atoms with Crippen LogP contribution in [0.1, 0.15) is 29.8 Å². The first-order valence-electron chi connectivity index (χ1n) is 9.46. The molecule has 1 aliphatic rings. The first kappa shape index (κ1) is 19.8. The van der Waals surface area contributed by atoms with Gasteiger partial charge in [-0.1, -0.05) is 42.5 Å². The zero-order valence-electron chi connectivity index (χ0n) is 16.2. The quantitative estimate of drug-likeness (QED) is 0.810. The van der Waals surface area contributed by atoms with Crippen LogP contribution in [0.3, 0.4) is 0 Å². The second kappa shape index (κ2) is 8.80. The number of ketones is 1. The number of carbonyl (C=O) groups is 3. The maximum Gasteiger partial charge on any atom is 0.241 e. The fraction of sp³-hybridized carbons (Fsp3) is 0.318. The van der Waals surface area contributed by atoms with E-state index in [1.807, 2.05) is 25.1 Å². The zero-order valence-corrected chi connectivity index (χ0v) is 16.2. The lowest BCUT2D eigenvalue weighted by atomic mass is 10.0. The average Bonchev–Trinajstić information content (AvgIpc) is 2.73. The van der Waals surface area contributed by atoms with Gasteiger partial charge in [0.2, 0.25) is 11.8 Å². The summed E-state index contributed by atoms with van der Waals surface area (Å²) >= 11 is 0. The molecule has 2 aromatic carbocycles. The minimum absolute atomic E-state index is 0.0603. The van der Waals surface area contributed by atoms with Gasteiger partial charge in [0.05, 0.1) is 11.7 Å². The van der Waals surface area contributed by atoms with Gasteiger partial charge in [-0.2, -0.15) is 0 Å². The minimum Gasteiger partial charge on any atom is -0.340 e. The molecule has 28 heavy (non-hydrogen) atoms. The minimum atomic E-state index is -0.353. The summed E-state index contributed by atoms with van der Waals surface area (Å²) < 4.78 is 0. The molecule has 1 saturated heterocycles. The Balaban J connectivity index is 1.69. The monoisotopic (exact) mass is 379 g/mol. The molecule has 1 fully saturated rings. The largest absolute Gasteiger partial charge is 0.340 e. The highest BCUT2D eigenvalue weighted by atomic mass is 16.2. The molecule has 6 nitrogen and oxygen atoms in total. The predicted molar refractivity (Wildman–Crippen MR) is 108 cm³/mol. The molecule has 0 aliphatic carbocycles. The zero-order chi connectivity index (χ0) is 20.1. The van der Waals surface area contributed by atoms with Crippen molar-refractivity contribution in [1.82, 2.24) is 9.80 Å². The molecule has 0 bridgehead atoms. The average molecular weight is 379 g/mol. The SMILES string of the molecule is CC(=O)N1CCN(C(C)C(=O)Nc2ccccc2C(=O)c2ccccc2)CC1. The molecule has 3 rings (SSSR count). The summed E-state index contributed by atoms with van der Waals surface area (Å²) in [5.41, 5.74) is 1.56. The molecule has 0 spiro atoms. The Kier molecular flexibility index (Phi) is 6.21. The summed E-state index contributed by atoms with van der Waals surface area (Å²) in [7, 11) is 0. The van der Waals surface area contributed by atoms with Crippen LogP contribution >= 0.6 is 0 Å². The Morgan fingerprint density at radius 3 is 2.14 bits per heavy atom. The molecule has 2 aromatic rings. The van der Waals surface area contributed by atoms with Crippen LogP contribution in [-0.2, 0) is 9.59 Å². The Labute approximate surface area is 165 Å². The van der Waals surface area contributed by atoms with Gasteiger partial charge in [0.25, 0.3) is 0 Å². The third-order valence-electron chi connectivity index (χ3n) is 5.15.